The van der Waals surface area contributed by atoms with E-state index in [0.717, 1.165) is 11.6 Å². The van der Waals surface area contributed by atoms with E-state index in [1.807, 2.05) is 36.4 Å². The van der Waals surface area contributed by atoms with Gasteiger partial charge in [0.25, 0.3) is 0 Å². The fourth-order valence-electron chi connectivity index (χ4n) is 1.61. The molecule has 0 saturated carbocycles. The minimum atomic E-state index is -6.00. The summed E-state index contributed by atoms with van der Waals surface area (Å²) in [5.41, 5.74) is 0. The molecule has 0 fully saturated rings. The van der Waals surface area contributed by atoms with Crippen molar-refractivity contribution in [2.24, 2.45) is 0 Å². The molecule has 0 bridgehead atoms. The zero-order chi connectivity index (χ0) is 19.7. The maximum atomic E-state index is 9.75. The van der Waals surface area contributed by atoms with Crippen LogP contribution < -0.4 is 5.32 Å². The number of nitrogens with one attached hydrogen (secondary N) is 1. The summed E-state index contributed by atoms with van der Waals surface area (Å²) >= 11 is 0. The molecule has 0 unspecified atom stereocenters. The van der Waals surface area contributed by atoms with Crippen LogP contribution in [0.3, 0.4) is 0 Å². The third-order valence-corrected chi connectivity index (χ3v) is 2.71. The number of hydrogen-bond acceptors (Lipinski definition) is 3. The number of hydrogen-bond donors (Lipinski definition) is 1. The largest absolute Gasteiger partial charge is 1.00 e. The predicted octanol–water partition coefficient (Wildman–Crippen LogP) is 6.66. The number of nitrogens with zero attached hydrogens (tertiary/aromatic N) is 2. The smallest absolute Gasteiger partial charge is 0.418 e. The Morgan fingerprint density at radius 1 is 0.889 bits per heavy atom. The number of anilines is 2. The molecule has 0 aliphatic rings. The van der Waals surface area contributed by atoms with Gasteiger partial charge in [-0.1, -0.05) is 51.0 Å². The molecule has 0 aliphatic carbocycles. The van der Waals surface area contributed by atoms with E-state index in [0.29, 0.717) is 0 Å². The van der Waals surface area contributed by atoms with Crippen molar-refractivity contribution < 1.29 is 34.3 Å². The van der Waals surface area contributed by atoms with E-state index in [2.05, 4.69) is 41.3 Å². The minimum Gasteiger partial charge on any atom is -0.418 e. The summed E-state index contributed by atoms with van der Waals surface area (Å²) < 4.78 is 39.0. The van der Waals surface area contributed by atoms with Gasteiger partial charge in [0.15, 0.2) is 0 Å². The summed E-state index contributed by atoms with van der Waals surface area (Å²) in [5, 5.41) is 3.08. The zero-order valence-electron chi connectivity index (χ0n) is 15.4. The van der Waals surface area contributed by atoms with Crippen molar-refractivity contribution in [2.75, 3.05) is 5.32 Å². The SMILES string of the molecule is CC/C=C\CCCC.F[B-](F)(F)F.[Cu+].c1ccc(Nc2ccccn2)nc1. The van der Waals surface area contributed by atoms with Crippen LogP contribution in [0.2, 0.25) is 0 Å². The molecule has 0 radical (unpaired) electrons. The summed E-state index contributed by atoms with van der Waals surface area (Å²) in [6, 6.07) is 11.4. The number of unbranched alkanes of at least 4 members (excludes halogenated alkanes) is 2. The van der Waals surface area contributed by atoms with Crippen LogP contribution in [0.1, 0.15) is 39.5 Å². The third-order valence-electron chi connectivity index (χ3n) is 2.71. The first-order valence-corrected chi connectivity index (χ1v) is 8.48. The number of aromatic nitrogens is 2. The fraction of sp³-hybridized carbons (Fsp3) is 0.333. The first-order valence-electron chi connectivity index (χ1n) is 8.48. The van der Waals surface area contributed by atoms with Crippen LogP contribution in [0.5, 0.6) is 0 Å². The topological polar surface area (TPSA) is 37.8 Å². The number of allylic oxidation sites excluding steroid dienone is 2. The molecule has 3 nitrogen and oxygen atoms in total. The van der Waals surface area contributed by atoms with Crippen molar-refractivity contribution >= 4 is 18.9 Å². The zero-order valence-corrected chi connectivity index (χ0v) is 16.3. The van der Waals surface area contributed by atoms with Crippen molar-refractivity contribution in [2.45, 2.75) is 39.5 Å². The van der Waals surface area contributed by atoms with Gasteiger partial charge in [-0.05, 0) is 37.1 Å². The van der Waals surface area contributed by atoms with Gasteiger partial charge in [0, 0.05) is 12.4 Å². The molecule has 0 aliphatic heterocycles. The molecular weight excluding hydrogens is 409 g/mol. The number of halogens is 4. The van der Waals surface area contributed by atoms with E-state index >= 15 is 0 Å². The predicted molar refractivity (Wildman–Crippen MR) is 101 cm³/mol. The van der Waals surface area contributed by atoms with Crippen LogP contribution in [0, 0.1) is 0 Å². The second kappa shape index (κ2) is 17.6. The molecule has 2 rings (SSSR count). The summed E-state index contributed by atoms with van der Waals surface area (Å²) in [5.74, 6) is 1.61. The molecule has 27 heavy (non-hydrogen) atoms. The maximum absolute atomic E-state index is 9.75. The summed E-state index contributed by atoms with van der Waals surface area (Å²) in [7, 11) is -6.00. The Balaban J connectivity index is 0. The Kier molecular flexibility index (Phi) is 17.8. The van der Waals surface area contributed by atoms with Crippen molar-refractivity contribution in [1.29, 1.82) is 0 Å². The normalized spacial score (nSPS) is 10.0. The Bertz CT molecular complexity index is 541. The van der Waals surface area contributed by atoms with Gasteiger partial charge < -0.3 is 22.6 Å². The van der Waals surface area contributed by atoms with Crippen LogP contribution in [-0.4, -0.2) is 17.2 Å². The Morgan fingerprint density at radius 2 is 1.37 bits per heavy atom. The fourth-order valence-corrected chi connectivity index (χ4v) is 1.61. The van der Waals surface area contributed by atoms with Crippen LogP contribution in [0.15, 0.2) is 60.9 Å². The average molecular weight is 434 g/mol. The van der Waals surface area contributed by atoms with E-state index in [1.165, 1.54) is 25.7 Å². The molecule has 9 heteroatoms. The third kappa shape index (κ3) is 22.1. The quantitative estimate of drug-likeness (QED) is 0.239. The Morgan fingerprint density at radius 3 is 1.70 bits per heavy atom. The standard InChI is InChI=1S/C10H9N3.C8H16.BF4.Cu/c1-3-7-11-9(5-1)13-10-6-2-4-8-12-10;1-3-5-7-8-6-4-2;2-1(3,4)5;/h1-8H,(H,11,12,13);5,7H,3-4,6,8H2,1-2H3;;/q;;-1;+1/b;7-5-;;. The molecule has 2 aromatic heterocycles. The number of pyridine rings is 2. The van der Waals surface area contributed by atoms with E-state index in [1.54, 1.807) is 12.4 Å². The van der Waals surface area contributed by atoms with Crippen molar-refractivity contribution in [3.05, 3.63) is 60.9 Å². The maximum Gasteiger partial charge on any atom is 1.00 e. The van der Waals surface area contributed by atoms with Crippen LogP contribution in [-0.2, 0) is 17.1 Å². The summed E-state index contributed by atoms with van der Waals surface area (Å²) in [4.78, 5) is 8.25. The van der Waals surface area contributed by atoms with Crippen LogP contribution >= 0.6 is 0 Å². The molecule has 154 valence electrons. The van der Waals surface area contributed by atoms with Crippen molar-refractivity contribution in [3.63, 3.8) is 0 Å². The Hall–Kier alpha value is -1.86. The molecule has 0 spiro atoms. The van der Waals surface area contributed by atoms with E-state index in [-0.39, 0.29) is 17.1 Å². The minimum absolute atomic E-state index is 0. The van der Waals surface area contributed by atoms with E-state index in [4.69, 9.17) is 0 Å². The van der Waals surface area contributed by atoms with Gasteiger partial charge in [-0.2, -0.15) is 0 Å². The van der Waals surface area contributed by atoms with Gasteiger partial charge in [-0.15, -0.1) is 0 Å². The van der Waals surface area contributed by atoms with E-state index < -0.39 is 7.25 Å². The summed E-state index contributed by atoms with van der Waals surface area (Å²) in [6.45, 7) is 4.39. The summed E-state index contributed by atoms with van der Waals surface area (Å²) in [6.07, 6.45) is 13.1. The molecule has 2 aromatic rings. The van der Waals surface area contributed by atoms with Crippen molar-refractivity contribution in [1.82, 2.24) is 9.97 Å². The van der Waals surface area contributed by atoms with Crippen molar-refractivity contribution in [3.8, 4) is 0 Å². The van der Waals surface area contributed by atoms with Gasteiger partial charge in [0.2, 0.25) is 0 Å². The molecular formula is C18H25BCuF4N3. The van der Waals surface area contributed by atoms with E-state index in [9.17, 15) is 17.3 Å². The molecule has 0 aromatic carbocycles. The molecule has 0 amide bonds. The van der Waals surface area contributed by atoms with Gasteiger partial charge in [0.05, 0.1) is 0 Å². The van der Waals surface area contributed by atoms with Gasteiger partial charge in [-0.3, -0.25) is 0 Å². The molecule has 0 saturated heterocycles. The molecule has 0 atom stereocenters. The van der Waals surface area contributed by atoms with Crippen LogP contribution in [0.25, 0.3) is 0 Å². The molecule has 1 N–H and O–H groups in total. The number of rotatable bonds is 6. The average Bonchev–Trinajstić information content (AvgIpc) is 2.60. The Labute approximate surface area is 169 Å². The monoisotopic (exact) mass is 433 g/mol. The second-order valence-corrected chi connectivity index (χ2v) is 5.07. The first kappa shape index (κ1) is 27.4. The van der Waals surface area contributed by atoms with Gasteiger partial charge >= 0.3 is 24.3 Å². The second-order valence-electron chi connectivity index (χ2n) is 5.07. The van der Waals surface area contributed by atoms with Gasteiger partial charge in [0.1, 0.15) is 11.6 Å². The van der Waals surface area contributed by atoms with Gasteiger partial charge in [-0.25, -0.2) is 9.97 Å². The molecule has 2 heterocycles. The first-order chi connectivity index (χ1) is 12.4. The van der Waals surface area contributed by atoms with Crippen LogP contribution in [0.4, 0.5) is 28.9 Å².